The first kappa shape index (κ1) is 26.7. The second kappa shape index (κ2) is 11.7. The van der Waals surface area contributed by atoms with Gasteiger partial charge in [0.1, 0.15) is 16.5 Å². The van der Waals surface area contributed by atoms with Gasteiger partial charge in [-0.2, -0.15) is 13.7 Å². The van der Waals surface area contributed by atoms with Crippen molar-refractivity contribution in [3.63, 3.8) is 0 Å². The molecular formula is C25H20IN3O6S. The van der Waals surface area contributed by atoms with Gasteiger partial charge in [0.15, 0.2) is 11.5 Å². The maximum atomic E-state index is 12.8. The number of rotatable bonds is 8. The van der Waals surface area contributed by atoms with Crippen molar-refractivity contribution in [3.8, 4) is 17.6 Å². The third-order valence-corrected chi connectivity index (χ3v) is 6.60. The molecule has 0 aromatic heterocycles. The Labute approximate surface area is 222 Å². The van der Waals surface area contributed by atoms with Crippen LogP contribution in [0.4, 0.5) is 11.4 Å². The van der Waals surface area contributed by atoms with Gasteiger partial charge in [0, 0.05) is 21.9 Å². The Morgan fingerprint density at radius 1 is 0.944 bits per heavy atom. The van der Waals surface area contributed by atoms with E-state index >= 15 is 0 Å². The van der Waals surface area contributed by atoms with Crippen molar-refractivity contribution in [2.24, 2.45) is 0 Å². The van der Waals surface area contributed by atoms with Crippen LogP contribution in [0.25, 0.3) is 6.08 Å². The summed E-state index contributed by atoms with van der Waals surface area (Å²) in [5, 5.41) is 14.7. The lowest BCUT2D eigenvalue weighted by Crippen LogP contribution is -2.13. The molecule has 2 N–H and O–H groups in total. The van der Waals surface area contributed by atoms with Gasteiger partial charge in [-0.3, -0.25) is 9.59 Å². The van der Waals surface area contributed by atoms with Crippen LogP contribution in [0.2, 0.25) is 0 Å². The van der Waals surface area contributed by atoms with Crippen LogP contribution in [-0.4, -0.2) is 27.3 Å². The predicted molar refractivity (Wildman–Crippen MR) is 143 cm³/mol. The third kappa shape index (κ3) is 7.06. The highest BCUT2D eigenvalue weighted by Crippen LogP contribution is 2.32. The Morgan fingerprint density at radius 2 is 1.56 bits per heavy atom. The van der Waals surface area contributed by atoms with Gasteiger partial charge >= 0.3 is 10.1 Å². The number of amides is 2. The van der Waals surface area contributed by atoms with E-state index in [9.17, 15) is 23.3 Å². The van der Waals surface area contributed by atoms with E-state index in [1.54, 1.807) is 18.2 Å². The number of benzene rings is 3. The van der Waals surface area contributed by atoms with Gasteiger partial charge in [0.05, 0.1) is 7.11 Å². The van der Waals surface area contributed by atoms with Crippen LogP contribution in [0.3, 0.4) is 0 Å². The molecule has 0 aliphatic carbocycles. The van der Waals surface area contributed by atoms with Gasteiger partial charge in [-0.05, 0) is 94.9 Å². The zero-order valence-electron chi connectivity index (χ0n) is 19.1. The number of methoxy groups -OCH3 is 1. The molecule has 11 heteroatoms. The average Bonchev–Trinajstić information content (AvgIpc) is 2.83. The molecule has 0 atom stereocenters. The quantitative estimate of drug-likeness (QED) is 0.164. The molecule has 9 nitrogen and oxygen atoms in total. The highest BCUT2D eigenvalue weighted by molar-refractivity contribution is 14.1. The first-order chi connectivity index (χ1) is 17.1. The lowest BCUT2D eigenvalue weighted by atomic mass is 10.1. The summed E-state index contributed by atoms with van der Waals surface area (Å²) in [5.41, 5.74) is 1.10. The summed E-state index contributed by atoms with van der Waals surface area (Å²) in [4.78, 5) is 23.6. The number of nitriles is 1. The molecule has 0 heterocycles. The van der Waals surface area contributed by atoms with Crippen LogP contribution < -0.4 is 19.6 Å². The normalized spacial score (nSPS) is 11.2. The molecule has 0 saturated carbocycles. The molecule has 3 aromatic carbocycles. The Balaban J connectivity index is 1.86. The monoisotopic (exact) mass is 617 g/mol. The Morgan fingerprint density at radius 3 is 2.14 bits per heavy atom. The first-order valence-electron chi connectivity index (χ1n) is 10.3. The summed E-state index contributed by atoms with van der Waals surface area (Å²) in [6.07, 6.45) is 1.31. The van der Waals surface area contributed by atoms with Crippen LogP contribution in [0.1, 0.15) is 12.5 Å². The highest BCUT2D eigenvalue weighted by Gasteiger charge is 2.20. The van der Waals surface area contributed by atoms with Gasteiger partial charge in [-0.15, -0.1) is 0 Å². The first-order valence-corrected chi connectivity index (χ1v) is 12.8. The lowest BCUT2D eigenvalue weighted by Gasteiger charge is -2.12. The molecule has 0 unspecified atom stereocenters. The van der Waals surface area contributed by atoms with Crippen molar-refractivity contribution in [2.75, 3.05) is 17.7 Å². The van der Waals surface area contributed by atoms with Crippen molar-refractivity contribution in [1.82, 2.24) is 0 Å². The molecule has 184 valence electrons. The van der Waals surface area contributed by atoms with Crippen LogP contribution in [-0.2, 0) is 19.7 Å². The molecular weight excluding hydrogens is 597 g/mol. The van der Waals surface area contributed by atoms with Crippen LogP contribution in [0, 0.1) is 14.9 Å². The van der Waals surface area contributed by atoms with Crippen molar-refractivity contribution in [3.05, 3.63) is 81.4 Å². The minimum Gasteiger partial charge on any atom is -0.493 e. The molecule has 0 saturated heterocycles. The summed E-state index contributed by atoms with van der Waals surface area (Å²) in [6, 6.07) is 18.7. The van der Waals surface area contributed by atoms with E-state index in [4.69, 9.17) is 8.92 Å². The van der Waals surface area contributed by atoms with E-state index < -0.39 is 16.0 Å². The fraction of sp³-hybridized carbons (Fsp3) is 0.0800. The van der Waals surface area contributed by atoms with Crippen molar-refractivity contribution >= 4 is 62.0 Å². The van der Waals surface area contributed by atoms with E-state index in [-0.39, 0.29) is 27.9 Å². The lowest BCUT2D eigenvalue weighted by molar-refractivity contribution is -0.114. The minimum atomic E-state index is -4.26. The summed E-state index contributed by atoms with van der Waals surface area (Å²) < 4.78 is 37.2. The van der Waals surface area contributed by atoms with Gasteiger partial charge in [0.2, 0.25) is 5.91 Å². The summed E-state index contributed by atoms with van der Waals surface area (Å²) >= 11 is 2.14. The molecule has 0 radical (unpaired) electrons. The number of hydrogen-bond acceptors (Lipinski definition) is 7. The van der Waals surface area contributed by atoms with Gasteiger partial charge < -0.3 is 19.6 Å². The predicted octanol–water partition coefficient (Wildman–Crippen LogP) is 4.57. The topological polar surface area (TPSA) is 135 Å². The molecule has 0 spiro atoms. The molecule has 36 heavy (non-hydrogen) atoms. The number of halogens is 1. The Bertz CT molecular complexity index is 1460. The zero-order valence-corrected chi connectivity index (χ0v) is 22.1. The van der Waals surface area contributed by atoms with Crippen molar-refractivity contribution in [1.29, 1.82) is 5.26 Å². The third-order valence-electron chi connectivity index (χ3n) is 4.63. The van der Waals surface area contributed by atoms with Crippen LogP contribution >= 0.6 is 22.6 Å². The molecule has 0 aliphatic rings. The SMILES string of the molecule is COc1ccc(/C=C(\C#N)C(=O)Nc2ccc(I)cc2)cc1OS(=O)(=O)c1ccc(NC(C)=O)cc1. The van der Waals surface area contributed by atoms with E-state index in [1.807, 2.05) is 18.2 Å². The summed E-state index contributed by atoms with van der Waals surface area (Å²) in [5.74, 6) is -0.913. The zero-order chi connectivity index (χ0) is 26.3. The minimum absolute atomic E-state index is 0.132. The molecule has 0 aliphatic heterocycles. The molecule has 3 rings (SSSR count). The van der Waals surface area contributed by atoms with Gasteiger partial charge in [-0.25, -0.2) is 0 Å². The van der Waals surface area contributed by atoms with E-state index in [0.717, 1.165) is 3.57 Å². The number of nitrogens with one attached hydrogen (secondary N) is 2. The number of carbonyl (C=O) groups is 2. The Hall–Kier alpha value is -3.89. The van der Waals surface area contributed by atoms with Crippen molar-refractivity contribution < 1.29 is 26.9 Å². The van der Waals surface area contributed by atoms with E-state index in [0.29, 0.717) is 16.9 Å². The Kier molecular flexibility index (Phi) is 8.68. The van der Waals surface area contributed by atoms with Crippen LogP contribution in [0.5, 0.6) is 11.5 Å². The fourth-order valence-electron chi connectivity index (χ4n) is 2.97. The van der Waals surface area contributed by atoms with Crippen molar-refractivity contribution in [2.45, 2.75) is 11.8 Å². The number of ether oxygens (including phenoxy) is 1. The summed E-state index contributed by atoms with van der Waals surface area (Å²) in [7, 11) is -2.91. The molecule has 3 aromatic rings. The van der Waals surface area contributed by atoms with E-state index in [2.05, 4.69) is 33.2 Å². The van der Waals surface area contributed by atoms with Crippen LogP contribution in [0.15, 0.2) is 77.2 Å². The number of nitrogens with zero attached hydrogens (tertiary/aromatic N) is 1. The molecule has 2 amide bonds. The second-order valence-electron chi connectivity index (χ2n) is 7.28. The summed E-state index contributed by atoms with van der Waals surface area (Å²) in [6.45, 7) is 1.34. The molecule has 0 fully saturated rings. The maximum absolute atomic E-state index is 12.8. The average molecular weight is 617 g/mol. The fourth-order valence-corrected chi connectivity index (χ4v) is 4.26. The molecule has 0 bridgehead atoms. The highest BCUT2D eigenvalue weighted by atomic mass is 127. The number of carbonyl (C=O) groups excluding carboxylic acids is 2. The van der Waals surface area contributed by atoms with E-state index in [1.165, 1.54) is 56.5 Å². The van der Waals surface area contributed by atoms with Gasteiger partial charge in [-0.1, -0.05) is 6.07 Å². The largest absolute Gasteiger partial charge is 0.493 e. The maximum Gasteiger partial charge on any atom is 0.339 e. The number of anilines is 2. The standard InChI is InChI=1S/C25H20IN3O6S/c1-16(30)28-20-8-10-22(11-9-20)36(32,33)35-24-14-17(3-12-23(24)34-2)13-18(15-27)25(31)29-21-6-4-19(26)5-7-21/h3-14H,1-2H3,(H,28,30)(H,29,31)/b18-13+. The van der Waals surface area contributed by atoms with Gasteiger partial charge in [0.25, 0.3) is 5.91 Å². The second-order valence-corrected chi connectivity index (χ2v) is 10.1. The smallest absolute Gasteiger partial charge is 0.339 e. The number of hydrogen-bond donors (Lipinski definition) is 2.